The summed E-state index contributed by atoms with van der Waals surface area (Å²) in [5.74, 6) is 0.669. The lowest BCUT2D eigenvalue weighted by atomic mass is 10.0. The number of anilines is 1. The summed E-state index contributed by atoms with van der Waals surface area (Å²) in [5.41, 5.74) is 1.30. The van der Waals surface area contributed by atoms with Crippen LogP contribution in [-0.4, -0.2) is 53.0 Å². The van der Waals surface area contributed by atoms with E-state index in [0.717, 1.165) is 50.2 Å². The number of carbonyl (C=O) groups excluding carboxylic acids is 1. The van der Waals surface area contributed by atoms with Gasteiger partial charge in [0.25, 0.3) is 11.5 Å². The fourth-order valence-electron chi connectivity index (χ4n) is 4.30. The van der Waals surface area contributed by atoms with Gasteiger partial charge >= 0.3 is 0 Å². The van der Waals surface area contributed by atoms with E-state index >= 15 is 0 Å². The molecule has 0 unspecified atom stereocenters. The first kappa shape index (κ1) is 25.5. The van der Waals surface area contributed by atoms with Gasteiger partial charge in [-0.1, -0.05) is 50.2 Å². The van der Waals surface area contributed by atoms with Gasteiger partial charge in [0, 0.05) is 32.3 Å². The molecule has 1 amide bonds. The van der Waals surface area contributed by atoms with Crippen molar-refractivity contribution in [1.29, 1.82) is 5.26 Å². The number of unbranched alkanes of at least 4 members (excludes halogenated alkanes) is 1. The van der Waals surface area contributed by atoms with Crippen LogP contribution in [0.5, 0.6) is 0 Å². The Kier molecular flexibility index (Phi) is 9.12. The van der Waals surface area contributed by atoms with Crippen molar-refractivity contribution in [2.45, 2.75) is 58.9 Å². The standard InChI is InChI=1S/C24H32N4O3S2/c1-4-5-12-27-21(26-10-8-6-7-9-11-26)18(17(2)19(16-25)22(27)29)15-20-23(30)28(13-14-31-3)24(32)33-20/h15H,4-14H2,1-3H3/b20-15-. The predicted molar refractivity (Wildman–Crippen MR) is 137 cm³/mol. The molecular formula is C24H32N4O3S2. The highest BCUT2D eigenvalue weighted by Crippen LogP contribution is 2.36. The maximum atomic E-state index is 13.3. The molecule has 33 heavy (non-hydrogen) atoms. The normalized spacial score (nSPS) is 18.2. The van der Waals surface area contributed by atoms with Gasteiger partial charge in [0.1, 0.15) is 21.8 Å². The van der Waals surface area contributed by atoms with Gasteiger partial charge in [0.05, 0.1) is 18.1 Å². The molecule has 2 aliphatic heterocycles. The Morgan fingerprint density at radius 3 is 2.48 bits per heavy atom. The van der Waals surface area contributed by atoms with Gasteiger partial charge in [-0.05, 0) is 37.8 Å². The van der Waals surface area contributed by atoms with Crippen molar-refractivity contribution in [3.05, 3.63) is 31.9 Å². The Hall–Kier alpha value is -2.15. The molecule has 178 valence electrons. The molecule has 0 aromatic carbocycles. The van der Waals surface area contributed by atoms with Gasteiger partial charge in [-0.3, -0.25) is 19.1 Å². The van der Waals surface area contributed by atoms with Crippen LogP contribution in [0.1, 0.15) is 62.1 Å². The van der Waals surface area contributed by atoms with E-state index in [2.05, 4.69) is 17.9 Å². The number of hydrogen-bond acceptors (Lipinski definition) is 7. The number of aromatic nitrogens is 1. The van der Waals surface area contributed by atoms with E-state index in [0.29, 0.717) is 34.5 Å². The number of ether oxygens (including phenoxy) is 1. The molecule has 0 saturated carbocycles. The molecule has 2 fully saturated rings. The van der Waals surface area contributed by atoms with Crippen LogP contribution in [0.15, 0.2) is 9.70 Å². The predicted octanol–water partition coefficient (Wildman–Crippen LogP) is 4.06. The van der Waals surface area contributed by atoms with Crippen molar-refractivity contribution in [3.8, 4) is 6.07 Å². The van der Waals surface area contributed by atoms with Crippen LogP contribution in [-0.2, 0) is 16.1 Å². The molecule has 9 heteroatoms. The van der Waals surface area contributed by atoms with Crippen LogP contribution in [0.25, 0.3) is 6.08 Å². The third kappa shape index (κ3) is 5.51. The summed E-state index contributed by atoms with van der Waals surface area (Å²) in [5, 5.41) is 9.80. The van der Waals surface area contributed by atoms with Crippen molar-refractivity contribution in [3.63, 3.8) is 0 Å². The monoisotopic (exact) mass is 488 g/mol. The number of hydrogen-bond donors (Lipinski definition) is 0. The smallest absolute Gasteiger partial charge is 0.270 e. The fourth-order valence-corrected chi connectivity index (χ4v) is 5.59. The molecule has 3 heterocycles. The first-order valence-electron chi connectivity index (χ1n) is 11.6. The zero-order valence-electron chi connectivity index (χ0n) is 19.7. The van der Waals surface area contributed by atoms with Crippen LogP contribution in [0.3, 0.4) is 0 Å². The van der Waals surface area contributed by atoms with Crippen molar-refractivity contribution >= 4 is 46.1 Å². The number of nitriles is 1. The summed E-state index contributed by atoms with van der Waals surface area (Å²) in [7, 11) is 1.59. The second-order valence-corrected chi connectivity index (χ2v) is 10.1. The van der Waals surface area contributed by atoms with Crippen LogP contribution in [0.2, 0.25) is 0 Å². The molecule has 1 aromatic rings. The zero-order chi connectivity index (χ0) is 24.0. The number of rotatable bonds is 8. The number of amides is 1. The third-order valence-electron chi connectivity index (χ3n) is 6.16. The molecule has 0 spiro atoms. The fraction of sp³-hybridized carbons (Fsp3) is 0.583. The molecule has 0 bridgehead atoms. The van der Waals surface area contributed by atoms with E-state index in [1.165, 1.54) is 24.6 Å². The van der Waals surface area contributed by atoms with Gasteiger partial charge < -0.3 is 9.64 Å². The lowest BCUT2D eigenvalue weighted by molar-refractivity contribution is -0.122. The zero-order valence-corrected chi connectivity index (χ0v) is 21.3. The highest BCUT2D eigenvalue weighted by molar-refractivity contribution is 8.26. The molecule has 2 aliphatic rings. The minimum atomic E-state index is -0.243. The summed E-state index contributed by atoms with van der Waals surface area (Å²) in [6.07, 6.45) is 8.06. The largest absolute Gasteiger partial charge is 0.383 e. The summed E-state index contributed by atoms with van der Waals surface area (Å²) in [6.45, 7) is 6.95. The minimum Gasteiger partial charge on any atom is -0.383 e. The van der Waals surface area contributed by atoms with E-state index in [-0.39, 0.29) is 17.0 Å². The SMILES string of the molecule is CCCCn1c(N2CCCCCC2)c(/C=C2\SC(=S)N(CCOC)C2=O)c(C)c(C#N)c1=O. The third-order valence-corrected chi connectivity index (χ3v) is 7.53. The average Bonchev–Trinajstić information content (AvgIpc) is 2.97. The quantitative estimate of drug-likeness (QED) is 0.403. The number of carbonyl (C=O) groups is 1. The van der Waals surface area contributed by atoms with Gasteiger partial charge in [0.15, 0.2) is 0 Å². The Balaban J connectivity index is 2.19. The van der Waals surface area contributed by atoms with E-state index in [1.807, 2.05) is 13.0 Å². The molecule has 0 aliphatic carbocycles. The molecule has 1 aromatic heterocycles. The molecule has 0 N–H and O–H groups in total. The summed E-state index contributed by atoms with van der Waals surface area (Å²) < 4.78 is 7.38. The number of thioether (sulfide) groups is 1. The summed E-state index contributed by atoms with van der Waals surface area (Å²) in [4.78, 5) is 30.8. The highest BCUT2D eigenvalue weighted by atomic mass is 32.2. The molecule has 0 atom stereocenters. The first-order chi connectivity index (χ1) is 15.9. The molecule has 0 radical (unpaired) electrons. The van der Waals surface area contributed by atoms with Gasteiger partial charge in [-0.15, -0.1) is 0 Å². The van der Waals surface area contributed by atoms with Crippen LogP contribution < -0.4 is 10.5 Å². The number of thiocarbonyl (C=S) groups is 1. The lowest BCUT2D eigenvalue weighted by Gasteiger charge is -2.29. The second kappa shape index (κ2) is 11.8. The van der Waals surface area contributed by atoms with Crippen molar-refractivity contribution < 1.29 is 9.53 Å². The number of pyridine rings is 1. The summed E-state index contributed by atoms with van der Waals surface area (Å²) in [6, 6.07) is 2.12. The van der Waals surface area contributed by atoms with Gasteiger partial charge in [-0.25, -0.2) is 0 Å². The van der Waals surface area contributed by atoms with E-state index in [1.54, 1.807) is 16.6 Å². The number of nitrogens with zero attached hydrogens (tertiary/aromatic N) is 4. The topological polar surface area (TPSA) is 78.6 Å². The Labute approximate surface area is 205 Å². The minimum absolute atomic E-state index is 0.144. The van der Waals surface area contributed by atoms with Gasteiger partial charge in [-0.2, -0.15) is 5.26 Å². The highest BCUT2D eigenvalue weighted by Gasteiger charge is 2.33. The molecule has 2 saturated heterocycles. The van der Waals surface area contributed by atoms with Crippen molar-refractivity contribution in [2.24, 2.45) is 0 Å². The van der Waals surface area contributed by atoms with Crippen LogP contribution >= 0.6 is 24.0 Å². The average molecular weight is 489 g/mol. The number of methoxy groups -OCH3 is 1. The second-order valence-electron chi connectivity index (χ2n) is 8.39. The van der Waals surface area contributed by atoms with Crippen molar-refractivity contribution in [1.82, 2.24) is 9.47 Å². The van der Waals surface area contributed by atoms with Crippen LogP contribution in [0.4, 0.5) is 5.82 Å². The molecule has 7 nitrogen and oxygen atoms in total. The van der Waals surface area contributed by atoms with Gasteiger partial charge in [0.2, 0.25) is 0 Å². The van der Waals surface area contributed by atoms with E-state index in [9.17, 15) is 14.9 Å². The van der Waals surface area contributed by atoms with Crippen LogP contribution in [0, 0.1) is 18.3 Å². The Morgan fingerprint density at radius 2 is 1.88 bits per heavy atom. The summed E-state index contributed by atoms with van der Waals surface area (Å²) >= 11 is 6.70. The maximum absolute atomic E-state index is 13.3. The molecular weight excluding hydrogens is 456 g/mol. The molecule has 3 rings (SSSR count). The lowest BCUT2D eigenvalue weighted by Crippen LogP contribution is -2.35. The van der Waals surface area contributed by atoms with E-state index in [4.69, 9.17) is 17.0 Å². The first-order valence-corrected chi connectivity index (χ1v) is 12.8. The Bertz CT molecular complexity index is 1030. The maximum Gasteiger partial charge on any atom is 0.270 e. The van der Waals surface area contributed by atoms with E-state index < -0.39 is 0 Å². The van der Waals surface area contributed by atoms with Crippen molar-refractivity contribution in [2.75, 3.05) is 38.3 Å². The Morgan fingerprint density at radius 1 is 1.18 bits per heavy atom.